The fraction of sp³-hybridized carbons (Fsp3) is 0.111. The van der Waals surface area contributed by atoms with Crippen LogP contribution in [0.1, 0.15) is 18.1 Å². The largest absolute Gasteiger partial charge is 0.454 e. The number of rotatable bonds is 4. The van der Waals surface area contributed by atoms with Gasteiger partial charge in [-0.2, -0.15) is 5.10 Å². The van der Waals surface area contributed by atoms with Gasteiger partial charge in [-0.15, -0.1) is 5.10 Å². The average Bonchev–Trinajstić information content (AvgIpc) is 3.12. The normalized spacial score (nSPS) is 12.6. The van der Waals surface area contributed by atoms with Crippen molar-refractivity contribution in [3.63, 3.8) is 0 Å². The van der Waals surface area contributed by atoms with Gasteiger partial charge in [0.15, 0.2) is 11.5 Å². The molecule has 0 saturated heterocycles. The lowest BCUT2D eigenvalue weighted by atomic mass is 9.99. The van der Waals surface area contributed by atoms with E-state index >= 15 is 0 Å². The van der Waals surface area contributed by atoms with Crippen LogP contribution in [-0.4, -0.2) is 23.6 Å². The van der Waals surface area contributed by atoms with Gasteiger partial charge in [-0.25, -0.2) is 0 Å². The number of nitrogens with one attached hydrogen (secondary N) is 1. The Labute approximate surface area is 160 Å². The van der Waals surface area contributed by atoms with E-state index in [-0.39, 0.29) is 12.8 Å². The summed E-state index contributed by atoms with van der Waals surface area (Å²) in [5.41, 5.74) is 14.6. The minimum Gasteiger partial charge on any atom is -0.454 e. The van der Waals surface area contributed by atoms with Crippen LogP contribution >= 0.6 is 0 Å². The molecular weight excluding hydrogens is 366 g/mol. The first-order valence-corrected chi connectivity index (χ1v) is 8.03. The Balaban J connectivity index is 0.000000640. The first-order valence-electron chi connectivity index (χ1n) is 8.03. The number of hydrogen-bond acceptors (Lipinski definition) is 6. The molecule has 0 aromatic heterocycles. The van der Waals surface area contributed by atoms with Gasteiger partial charge in [-0.05, 0) is 36.3 Å². The summed E-state index contributed by atoms with van der Waals surface area (Å²) in [6, 6.07) is 15.8. The molecule has 5 N–H and O–H groups in total. The topological polar surface area (TPSA) is 163 Å². The van der Waals surface area contributed by atoms with Gasteiger partial charge in [0.2, 0.25) is 6.79 Å². The van der Waals surface area contributed by atoms with Gasteiger partial charge in [-0.3, -0.25) is 11.5 Å². The van der Waals surface area contributed by atoms with Crippen LogP contribution in [0.15, 0.2) is 53.6 Å². The minimum atomic E-state index is -1.75. The molecule has 3 rings (SSSR count). The number of guanidine groups is 1. The molecular formula is C18H19N5O5. The molecule has 0 atom stereocenters. The lowest BCUT2D eigenvalue weighted by Gasteiger charge is -2.07. The lowest BCUT2D eigenvalue weighted by molar-refractivity contribution is -0.464. The monoisotopic (exact) mass is 385 g/mol. The van der Waals surface area contributed by atoms with Crippen molar-refractivity contribution in [2.45, 2.75) is 6.92 Å². The summed E-state index contributed by atoms with van der Waals surface area (Å²) < 4.78 is 10.8. The summed E-state index contributed by atoms with van der Waals surface area (Å²) in [6.45, 7) is 2.14. The minimum absolute atomic E-state index is 0.0461. The average molecular weight is 385 g/mol. The summed E-state index contributed by atoms with van der Waals surface area (Å²) >= 11 is 0. The highest BCUT2D eigenvalue weighted by atomic mass is 16.9. The van der Waals surface area contributed by atoms with Crippen molar-refractivity contribution >= 4 is 23.3 Å². The molecule has 146 valence electrons. The molecule has 10 nitrogen and oxygen atoms in total. The van der Waals surface area contributed by atoms with Crippen LogP contribution in [0.4, 0.5) is 0 Å². The van der Waals surface area contributed by atoms with E-state index in [4.69, 9.17) is 36.3 Å². The molecule has 0 saturated carbocycles. The van der Waals surface area contributed by atoms with Gasteiger partial charge in [0, 0.05) is 5.57 Å². The van der Waals surface area contributed by atoms with Crippen molar-refractivity contribution in [1.29, 1.82) is 0 Å². The van der Waals surface area contributed by atoms with Crippen LogP contribution in [0, 0.1) is 15.3 Å². The van der Waals surface area contributed by atoms with E-state index < -0.39 is 5.09 Å². The molecule has 28 heavy (non-hydrogen) atoms. The molecule has 1 heterocycles. The van der Waals surface area contributed by atoms with E-state index in [2.05, 4.69) is 10.2 Å². The van der Waals surface area contributed by atoms with E-state index in [1.165, 1.54) is 0 Å². The van der Waals surface area contributed by atoms with E-state index in [1.54, 1.807) is 0 Å². The van der Waals surface area contributed by atoms with E-state index in [0.29, 0.717) is 0 Å². The molecule has 0 radical (unpaired) electrons. The van der Waals surface area contributed by atoms with Gasteiger partial charge in [0.05, 0.1) is 10.8 Å². The third-order valence-electron chi connectivity index (χ3n) is 3.53. The fourth-order valence-corrected chi connectivity index (χ4v) is 2.39. The number of hydrazone groups is 1. The van der Waals surface area contributed by atoms with Gasteiger partial charge >= 0.3 is 5.96 Å². The molecule has 0 spiro atoms. The Morgan fingerprint density at radius 3 is 2.43 bits per heavy atom. The predicted octanol–water partition coefficient (Wildman–Crippen LogP) is 0.447. The molecule has 0 unspecified atom stereocenters. The van der Waals surface area contributed by atoms with Crippen LogP contribution in [0.5, 0.6) is 11.5 Å². The van der Waals surface area contributed by atoms with Crippen LogP contribution in [0.3, 0.4) is 0 Å². The highest BCUT2D eigenvalue weighted by Crippen LogP contribution is 2.33. The second-order valence-corrected chi connectivity index (χ2v) is 5.52. The van der Waals surface area contributed by atoms with E-state index in [9.17, 15) is 0 Å². The van der Waals surface area contributed by atoms with Crippen LogP contribution in [-0.2, 0) is 0 Å². The molecule has 0 aliphatic carbocycles. The fourth-order valence-electron chi connectivity index (χ4n) is 2.39. The SMILES string of the molecule is CC(=N\[NH+]=C(N)N)/C(=C\c1ccc2c(c1)OCO2)c1ccccc1.O=[N+]([O-])[O-]. The Bertz CT molecular complexity index is 917. The maximum Gasteiger partial charge on any atom is 0.362 e. The second kappa shape index (κ2) is 9.57. The second-order valence-electron chi connectivity index (χ2n) is 5.52. The Hall–Kier alpha value is -4.08. The molecule has 2 aromatic rings. The Kier molecular flexibility index (Phi) is 6.92. The third kappa shape index (κ3) is 6.02. The highest BCUT2D eigenvalue weighted by molar-refractivity contribution is 6.26. The number of benzene rings is 2. The summed E-state index contributed by atoms with van der Waals surface area (Å²) in [6.07, 6.45) is 2.03. The van der Waals surface area contributed by atoms with Crippen molar-refractivity contribution in [1.82, 2.24) is 0 Å². The van der Waals surface area contributed by atoms with Crippen LogP contribution in [0.2, 0.25) is 0 Å². The standard InChI is InChI=1S/C18H18N4O2.NO3/c1-12(21-22-18(19)20)15(14-5-3-2-4-6-14)9-13-7-8-16-17(10-13)24-11-23-16;2-1(3)4/h2-10H,11H2,1H3,(H4,19,20,22);/q;-1/p+1/b15-9+,21-12+;. The maximum absolute atomic E-state index is 8.25. The lowest BCUT2D eigenvalue weighted by Crippen LogP contribution is -2.72. The molecule has 2 aromatic carbocycles. The zero-order valence-corrected chi connectivity index (χ0v) is 15.0. The van der Waals surface area contributed by atoms with Gasteiger partial charge in [0.25, 0.3) is 0 Å². The zero-order chi connectivity index (χ0) is 20.5. The van der Waals surface area contributed by atoms with Crippen molar-refractivity contribution < 1.29 is 19.7 Å². The quantitative estimate of drug-likeness (QED) is 0.226. The number of nitrogens with two attached hydrogens (primary N) is 2. The molecule has 0 fully saturated rings. The summed E-state index contributed by atoms with van der Waals surface area (Å²) in [5.74, 6) is 1.54. The molecule has 1 aliphatic heterocycles. The highest BCUT2D eigenvalue weighted by Gasteiger charge is 2.13. The van der Waals surface area contributed by atoms with Crippen molar-refractivity contribution in [3.8, 4) is 11.5 Å². The molecule has 0 amide bonds. The van der Waals surface area contributed by atoms with Crippen molar-refractivity contribution in [3.05, 3.63) is 75.0 Å². The Morgan fingerprint density at radius 1 is 1.14 bits per heavy atom. The summed E-state index contributed by atoms with van der Waals surface area (Å²) in [7, 11) is 0. The maximum atomic E-state index is 8.25. The molecule has 0 bridgehead atoms. The van der Waals surface area contributed by atoms with Crippen molar-refractivity contribution in [2.75, 3.05) is 6.79 Å². The Morgan fingerprint density at radius 2 is 1.79 bits per heavy atom. The number of ether oxygens (including phenoxy) is 2. The first-order chi connectivity index (χ1) is 13.4. The predicted molar refractivity (Wildman–Crippen MR) is 105 cm³/mol. The number of fused-ring (bicyclic) bond motifs is 1. The number of nitrogens with zero attached hydrogens (tertiary/aromatic N) is 2. The summed E-state index contributed by atoms with van der Waals surface area (Å²) in [4.78, 5) is 8.25. The van der Waals surface area contributed by atoms with Gasteiger partial charge < -0.3 is 24.8 Å². The van der Waals surface area contributed by atoms with Gasteiger partial charge in [-0.1, -0.05) is 36.4 Å². The van der Waals surface area contributed by atoms with E-state index in [1.807, 2.05) is 61.5 Å². The zero-order valence-electron chi connectivity index (χ0n) is 15.0. The van der Waals surface area contributed by atoms with E-state index in [0.717, 1.165) is 33.9 Å². The van der Waals surface area contributed by atoms with Crippen molar-refractivity contribution in [2.24, 2.45) is 16.6 Å². The third-order valence-corrected chi connectivity index (χ3v) is 3.53. The van der Waals surface area contributed by atoms with Gasteiger partial charge in [0.1, 0.15) is 0 Å². The van der Waals surface area contributed by atoms with Crippen LogP contribution in [0.25, 0.3) is 11.6 Å². The first kappa shape index (κ1) is 20.2. The number of hydrogen-bond donors (Lipinski definition) is 3. The van der Waals surface area contributed by atoms with Crippen LogP contribution < -0.4 is 26.0 Å². The molecule has 10 heteroatoms. The molecule has 1 aliphatic rings. The smallest absolute Gasteiger partial charge is 0.362 e. The summed E-state index contributed by atoms with van der Waals surface area (Å²) in [5, 5.41) is 21.6. The number of allylic oxidation sites excluding steroid dienone is 1.